The number of aryl methyl sites for hydroxylation is 1. The molecule has 0 saturated heterocycles. The van der Waals surface area contributed by atoms with E-state index in [1.165, 1.54) is 12.1 Å². The van der Waals surface area contributed by atoms with Crippen LogP contribution in [0.1, 0.15) is 41.6 Å². The van der Waals surface area contributed by atoms with E-state index in [0.717, 1.165) is 31.4 Å². The summed E-state index contributed by atoms with van der Waals surface area (Å²) < 4.78 is 38.0. The first-order chi connectivity index (χ1) is 12.8. The van der Waals surface area contributed by atoms with Crippen molar-refractivity contribution in [1.82, 2.24) is 15.5 Å². The fraction of sp³-hybridized carbons (Fsp3) is 0.389. The molecule has 1 aromatic carbocycles. The molecule has 0 fully saturated rings. The minimum atomic E-state index is -4.42. The molecule has 0 spiro atoms. The van der Waals surface area contributed by atoms with Gasteiger partial charge in [-0.05, 0) is 30.9 Å². The van der Waals surface area contributed by atoms with Crippen LogP contribution in [0, 0.1) is 11.3 Å². The first-order valence-corrected chi connectivity index (χ1v) is 8.47. The van der Waals surface area contributed by atoms with Crippen molar-refractivity contribution < 1.29 is 18.0 Å². The molecule has 27 heavy (non-hydrogen) atoms. The Morgan fingerprint density at radius 1 is 1.30 bits per heavy atom. The number of anilines is 1. The average Bonchev–Trinajstić information content (AvgIpc) is 2.97. The molecule has 0 saturated carbocycles. The monoisotopic (exact) mass is 379 g/mol. The fourth-order valence-corrected chi connectivity index (χ4v) is 2.64. The zero-order valence-electron chi connectivity index (χ0n) is 14.6. The molecule has 0 aliphatic carbocycles. The molecular weight excluding hydrogens is 359 g/mol. The second kappa shape index (κ2) is 9.07. The SMILES string of the molecule is N#Cc1c(N)n[nH]c1CCCCCNC(=O)Cc1cccc(C(F)(F)F)c1. The molecule has 9 heteroatoms. The molecule has 0 aliphatic heterocycles. The second-order valence-electron chi connectivity index (χ2n) is 6.11. The van der Waals surface area contributed by atoms with Gasteiger partial charge < -0.3 is 11.1 Å². The molecule has 0 bridgehead atoms. The molecule has 0 aliphatic rings. The quantitative estimate of drug-likeness (QED) is 0.613. The first kappa shape index (κ1) is 20.3. The summed E-state index contributed by atoms with van der Waals surface area (Å²) in [5.74, 6) is -0.128. The number of carbonyl (C=O) groups excluding carboxylic acids is 1. The minimum Gasteiger partial charge on any atom is -0.381 e. The minimum absolute atomic E-state index is 0.0944. The molecule has 1 heterocycles. The van der Waals surface area contributed by atoms with E-state index in [-0.39, 0.29) is 18.1 Å². The lowest BCUT2D eigenvalue weighted by Crippen LogP contribution is -2.26. The number of rotatable bonds is 8. The Morgan fingerprint density at radius 2 is 2.07 bits per heavy atom. The van der Waals surface area contributed by atoms with Crippen molar-refractivity contribution in [3.63, 3.8) is 0 Å². The summed E-state index contributed by atoms with van der Waals surface area (Å²) in [6, 6.07) is 6.76. The smallest absolute Gasteiger partial charge is 0.381 e. The maximum Gasteiger partial charge on any atom is 0.416 e. The summed E-state index contributed by atoms with van der Waals surface area (Å²) in [5.41, 5.74) is 6.18. The highest BCUT2D eigenvalue weighted by molar-refractivity contribution is 5.78. The van der Waals surface area contributed by atoms with Crippen LogP contribution in [0.4, 0.5) is 19.0 Å². The third-order valence-corrected chi connectivity index (χ3v) is 4.03. The summed E-state index contributed by atoms with van der Waals surface area (Å²) in [7, 11) is 0. The van der Waals surface area contributed by atoms with E-state index in [1.807, 2.05) is 6.07 Å². The summed E-state index contributed by atoms with van der Waals surface area (Å²) in [6.45, 7) is 0.439. The number of carbonyl (C=O) groups is 1. The van der Waals surface area contributed by atoms with Crippen molar-refractivity contribution in [2.24, 2.45) is 0 Å². The molecule has 4 N–H and O–H groups in total. The van der Waals surface area contributed by atoms with Gasteiger partial charge in [0.05, 0.1) is 17.7 Å². The fourth-order valence-electron chi connectivity index (χ4n) is 2.64. The third-order valence-electron chi connectivity index (χ3n) is 4.03. The van der Waals surface area contributed by atoms with Crippen LogP contribution in [0.2, 0.25) is 0 Å². The Balaban J connectivity index is 1.67. The molecular formula is C18H20F3N5O. The molecule has 1 amide bonds. The Kier molecular flexibility index (Phi) is 6.82. The highest BCUT2D eigenvalue weighted by atomic mass is 19.4. The van der Waals surface area contributed by atoms with Crippen molar-refractivity contribution in [3.05, 3.63) is 46.6 Å². The van der Waals surface area contributed by atoms with Gasteiger partial charge in [-0.3, -0.25) is 9.89 Å². The van der Waals surface area contributed by atoms with Gasteiger partial charge in [0.2, 0.25) is 5.91 Å². The zero-order chi connectivity index (χ0) is 19.9. The zero-order valence-corrected chi connectivity index (χ0v) is 14.6. The molecule has 0 atom stereocenters. The van der Waals surface area contributed by atoms with Crippen LogP contribution in [0.5, 0.6) is 0 Å². The number of H-pyrrole nitrogens is 1. The van der Waals surface area contributed by atoms with E-state index in [4.69, 9.17) is 11.0 Å². The number of aromatic nitrogens is 2. The van der Waals surface area contributed by atoms with Crippen molar-refractivity contribution in [2.45, 2.75) is 38.3 Å². The van der Waals surface area contributed by atoms with E-state index >= 15 is 0 Å². The van der Waals surface area contributed by atoms with Crippen molar-refractivity contribution in [2.75, 3.05) is 12.3 Å². The highest BCUT2D eigenvalue weighted by Gasteiger charge is 2.30. The van der Waals surface area contributed by atoms with Crippen molar-refractivity contribution >= 4 is 11.7 Å². The van der Waals surface area contributed by atoms with Gasteiger partial charge >= 0.3 is 6.18 Å². The lowest BCUT2D eigenvalue weighted by Gasteiger charge is -2.09. The number of nitrogen functional groups attached to an aromatic ring is 1. The van der Waals surface area contributed by atoms with Crippen molar-refractivity contribution in [3.8, 4) is 6.07 Å². The number of unbranched alkanes of at least 4 members (excludes halogenated alkanes) is 2. The van der Waals surface area contributed by atoms with Crippen LogP contribution < -0.4 is 11.1 Å². The van der Waals surface area contributed by atoms with E-state index < -0.39 is 11.7 Å². The lowest BCUT2D eigenvalue weighted by atomic mass is 10.1. The molecule has 0 radical (unpaired) electrons. The maximum atomic E-state index is 12.7. The predicted octanol–water partition coefficient (Wildman–Crippen LogP) is 2.95. The molecule has 144 valence electrons. The first-order valence-electron chi connectivity index (χ1n) is 8.47. The average molecular weight is 379 g/mol. The molecule has 6 nitrogen and oxygen atoms in total. The van der Waals surface area contributed by atoms with Gasteiger partial charge in [0.25, 0.3) is 0 Å². The Morgan fingerprint density at radius 3 is 2.78 bits per heavy atom. The van der Waals surface area contributed by atoms with Gasteiger partial charge in [0.1, 0.15) is 11.6 Å². The Hall–Kier alpha value is -3.02. The summed E-state index contributed by atoms with van der Waals surface area (Å²) in [6.07, 6.45) is -1.56. The van der Waals surface area contributed by atoms with E-state index in [1.54, 1.807) is 0 Å². The second-order valence-corrected chi connectivity index (χ2v) is 6.11. The summed E-state index contributed by atoms with van der Waals surface area (Å²) >= 11 is 0. The number of nitrogens with zero attached hydrogens (tertiary/aromatic N) is 2. The van der Waals surface area contributed by atoms with E-state index in [0.29, 0.717) is 29.8 Å². The van der Waals surface area contributed by atoms with Crippen LogP contribution in [0.15, 0.2) is 24.3 Å². The van der Waals surface area contributed by atoms with Crippen LogP contribution in [-0.4, -0.2) is 22.6 Å². The molecule has 0 unspecified atom stereocenters. The number of benzene rings is 1. The number of nitrogens with one attached hydrogen (secondary N) is 2. The number of aromatic amines is 1. The number of alkyl halides is 3. The van der Waals surface area contributed by atoms with Gasteiger partial charge in [-0.1, -0.05) is 24.6 Å². The van der Waals surface area contributed by atoms with Crippen LogP contribution in [-0.2, 0) is 23.8 Å². The van der Waals surface area contributed by atoms with Crippen molar-refractivity contribution in [1.29, 1.82) is 5.26 Å². The van der Waals surface area contributed by atoms with Gasteiger partial charge in [-0.15, -0.1) is 0 Å². The third kappa shape index (κ3) is 6.02. The maximum absolute atomic E-state index is 12.7. The molecule has 2 aromatic rings. The lowest BCUT2D eigenvalue weighted by molar-refractivity contribution is -0.137. The van der Waals surface area contributed by atoms with E-state index in [2.05, 4.69) is 15.5 Å². The van der Waals surface area contributed by atoms with Gasteiger partial charge in [0, 0.05) is 6.54 Å². The van der Waals surface area contributed by atoms with Gasteiger partial charge in [-0.25, -0.2) is 0 Å². The standard InChI is InChI=1S/C18H20F3N5O/c19-18(20,21)13-6-4-5-12(9-13)10-16(27)24-8-3-1-2-7-15-14(11-22)17(23)26-25-15/h4-6,9H,1-3,7-8,10H2,(H,24,27)(H3,23,25,26). The summed E-state index contributed by atoms with van der Waals surface area (Å²) in [5, 5.41) is 18.2. The van der Waals surface area contributed by atoms with Crippen LogP contribution in [0.3, 0.4) is 0 Å². The number of halogens is 3. The van der Waals surface area contributed by atoms with Crippen LogP contribution >= 0.6 is 0 Å². The number of hydrogen-bond donors (Lipinski definition) is 3. The van der Waals surface area contributed by atoms with Crippen LogP contribution in [0.25, 0.3) is 0 Å². The Bertz CT molecular complexity index is 823. The molecule has 2 rings (SSSR count). The number of hydrogen-bond acceptors (Lipinski definition) is 4. The predicted molar refractivity (Wildman–Crippen MR) is 93.4 cm³/mol. The summed E-state index contributed by atoms with van der Waals surface area (Å²) in [4.78, 5) is 11.9. The van der Waals surface area contributed by atoms with E-state index in [9.17, 15) is 18.0 Å². The largest absolute Gasteiger partial charge is 0.416 e. The Labute approximate surface area is 154 Å². The normalized spacial score (nSPS) is 11.2. The number of nitrogens with two attached hydrogens (primary N) is 1. The number of amides is 1. The topological polar surface area (TPSA) is 108 Å². The number of nitriles is 1. The molecule has 1 aromatic heterocycles. The van der Waals surface area contributed by atoms with Gasteiger partial charge in [0.15, 0.2) is 5.82 Å². The highest BCUT2D eigenvalue weighted by Crippen LogP contribution is 2.29. The van der Waals surface area contributed by atoms with Gasteiger partial charge in [-0.2, -0.15) is 23.5 Å².